The van der Waals surface area contributed by atoms with Gasteiger partial charge < -0.3 is 0 Å². The minimum Gasteiger partial charge on any atom is -0.195 e. The first-order valence-electron chi connectivity index (χ1n) is 7.82. The van der Waals surface area contributed by atoms with Gasteiger partial charge in [-0.3, -0.25) is 0 Å². The molecule has 1 atom stereocenters. The Morgan fingerprint density at radius 2 is 1.68 bits per heavy atom. The van der Waals surface area contributed by atoms with Crippen molar-refractivity contribution in [1.29, 1.82) is 0 Å². The summed E-state index contributed by atoms with van der Waals surface area (Å²) >= 11 is 0. The lowest BCUT2D eigenvalue weighted by Gasteiger charge is -2.39. The van der Waals surface area contributed by atoms with Crippen molar-refractivity contribution in [3.8, 4) is 0 Å². The van der Waals surface area contributed by atoms with Crippen LogP contribution in [-0.2, 0) is 10.2 Å². The lowest BCUT2D eigenvalue weighted by atomic mass is 9.96. The number of rotatable bonds is 4. The molecule has 0 aromatic rings. The van der Waals surface area contributed by atoms with Crippen LogP contribution in [0.15, 0.2) is 0 Å². The van der Waals surface area contributed by atoms with E-state index in [0.717, 1.165) is 38.5 Å². The number of hydrogen-bond acceptors (Lipinski definition) is 2. The largest absolute Gasteiger partial charge is 0.282 e. The predicted octanol–water partition coefficient (Wildman–Crippen LogP) is 2.76. The van der Waals surface area contributed by atoms with Gasteiger partial charge in [0.2, 0.25) is 0 Å². The van der Waals surface area contributed by atoms with Gasteiger partial charge in [0.1, 0.15) is 0 Å². The van der Waals surface area contributed by atoms with E-state index in [1.54, 1.807) is 15.7 Å². The first-order valence-corrected chi connectivity index (χ1v) is 9.22. The Labute approximate surface area is 118 Å². The average Bonchev–Trinajstić information content (AvgIpc) is 2.47. The molecule has 0 bridgehead atoms. The molecule has 0 radical (unpaired) electrons. The minimum atomic E-state index is -3.26. The van der Waals surface area contributed by atoms with Crippen LogP contribution in [0, 0.1) is 0 Å². The summed E-state index contributed by atoms with van der Waals surface area (Å²) in [6, 6.07) is 0.433. The third-order valence-corrected chi connectivity index (χ3v) is 6.89. The summed E-state index contributed by atoms with van der Waals surface area (Å²) < 4.78 is 29.0. The van der Waals surface area contributed by atoms with Gasteiger partial charge in [0.05, 0.1) is 0 Å². The van der Waals surface area contributed by atoms with Crippen molar-refractivity contribution in [3.05, 3.63) is 0 Å². The molecule has 1 saturated heterocycles. The fourth-order valence-corrected chi connectivity index (χ4v) is 5.39. The minimum absolute atomic E-state index is 0.213. The van der Waals surface area contributed by atoms with E-state index in [1.165, 1.54) is 19.3 Å². The SMILES string of the molecule is CCC1CCCCN1S(=O)(=O)N(C)C1CCCCC1. The highest BCUT2D eigenvalue weighted by atomic mass is 32.2. The highest BCUT2D eigenvalue weighted by Crippen LogP contribution is 2.28. The molecule has 0 amide bonds. The second-order valence-corrected chi connectivity index (χ2v) is 7.93. The molecule has 1 aliphatic heterocycles. The van der Waals surface area contributed by atoms with Crippen LogP contribution < -0.4 is 0 Å². The van der Waals surface area contributed by atoms with Gasteiger partial charge in [0.25, 0.3) is 10.2 Å². The first kappa shape index (κ1) is 15.3. The molecule has 0 N–H and O–H groups in total. The Bertz CT molecular complexity index is 377. The van der Waals surface area contributed by atoms with Crippen LogP contribution in [0.5, 0.6) is 0 Å². The lowest BCUT2D eigenvalue weighted by Crippen LogP contribution is -2.52. The summed E-state index contributed by atoms with van der Waals surface area (Å²) in [5.41, 5.74) is 0. The van der Waals surface area contributed by atoms with Gasteiger partial charge in [-0.05, 0) is 32.1 Å². The van der Waals surface area contributed by atoms with E-state index in [1.807, 2.05) is 0 Å². The van der Waals surface area contributed by atoms with Crippen LogP contribution in [0.25, 0.3) is 0 Å². The molecule has 2 aliphatic rings. The van der Waals surface area contributed by atoms with Crippen LogP contribution in [0.2, 0.25) is 0 Å². The second-order valence-electron chi connectivity index (χ2n) is 5.98. The molecule has 112 valence electrons. The maximum absolute atomic E-state index is 12.8. The molecule has 19 heavy (non-hydrogen) atoms. The van der Waals surface area contributed by atoms with Gasteiger partial charge in [-0.1, -0.05) is 32.6 Å². The van der Waals surface area contributed by atoms with Crippen LogP contribution in [0.4, 0.5) is 0 Å². The standard InChI is InChI=1S/C14H28N2O2S/c1-3-13-9-7-8-12-16(13)19(17,18)15(2)14-10-5-4-6-11-14/h13-14H,3-12H2,1-2H3. The Morgan fingerprint density at radius 1 is 1.05 bits per heavy atom. The zero-order valence-corrected chi connectivity index (χ0v) is 13.2. The molecule has 1 aliphatic carbocycles. The van der Waals surface area contributed by atoms with Gasteiger partial charge in [-0.25, -0.2) is 0 Å². The summed E-state index contributed by atoms with van der Waals surface area (Å²) in [6.45, 7) is 2.80. The Morgan fingerprint density at radius 3 is 2.32 bits per heavy atom. The summed E-state index contributed by atoms with van der Waals surface area (Å²) in [7, 11) is -1.47. The molecule has 1 unspecified atom stereocenters. The zero-order chi connectivity index (χ0) is 13.9. The van der Waals surface area contributed by atoms with E-state index in [0.29, 0.717) is 6.54 Å². The van der Waals surface area contributed by atoms with E-state index >= 15 is 0 Å². The van der Waals surface area contributed by atoms with Gasteiger partial charge in [0.15, 0.2) is 0 Å². The van der Waals surface area contributed by atoms with E-state index < -0.39 is 10.2 Å². The van der Waals surface area contributed by atoms with Crippen LogP contribution in [0.3, 0.4) is 0 Å². The maximum atomic E-state index is 12.8. The lowest BCUT2D eigenvalue weighted by molar-refractivity contribution is 0.209. The van der Waals surface area contributed by atoms with Gasteiger partial charge in [-0.15, -0.1) is 0 Å². The Kier molecular flexibility index (Phi) is 5.26. The molecule has 0 spiro atoms. The van der Waals surface area contributed by atoms with E-state index in [9.17, 15) is 8.42 Å². The maximum Gasteiger partial charge on any atom is 0.282 e. The summed E-state index contributed by atoms with van der Waals surface area (Å²) in [5.74, 6) is 0. The molecule has 5 heteroatoms. The van der Waals surface area contributed by atoms with E-state index in [2.05, 4.69) is 6.92 Å². The van der Waals surface area contributed by atoms with Crippen molar-refractivity contribution in [1.82, 2.24) is 8.61 Å². The molecule has 4 nitrogen and oxygen atoms in total. The first-order chi connectivity index (χ1) is 9.07. The van der Waals surface area contributed by atoms with Crippen molar-refractivity contribution in [2.75, 3.05) is 13.6 Å². The molecule has 0 aromatic carbocycles. The average molecular weight is 288 g/mol. The van der Waals surface area contributed by atoms with E-state index in [4.69, 9.17) is 0 Å². The number of nitrogens with zero attached hydrogens (tertiary/aromatic N) is 2. The normalized spacial score (nSPS) is 27.8. The second kappa shape index (κ2) is 6.55. The molecular formula is C14H28N2O2S. The molecule has 1 saturated carbocycles. The van der Waals surface area contributed by atoms with Crippen molar-refractivity contribution in [2.45, 2.75) is 76.8 Å². The van der Waals surface area contributed by atoms with Crippen molar-refractivity contribution in [3.63, 3.8) is 0 Å². The van der Waals surface area contributed by atoms with Crippen molar-refractivity contribution in [2.24, 2.45) is 0 Å². The fraction of sp³-hybridized carbons (Fsp3) is 1.00. The summed E-state index contributed by atoms with van der Waals surface area (Å²) in [6.07, 6.45) is 9.77. The third-order valence-electron chi connectivity index (χ3n) is 4.79. The fourth-order valence-electron chi connectivity index (χ4n) is 3.48. The van der Waals surface area contributed by atoms with E-state index in [-0.39, 0.29) is 12.1 Å². The number of hydrogen-bond donors (Lipinski definition) is 0. The molecule has 2 fully saturated rings. The van der Waals surface area contributed by atoms with Crippen molar-refractivity contribution >= 4 is 10.2 Å². The topological polar surface area (TPSA) is 40.6 Å². The molecule has 0 aromatic heterocycles. The Hall–Kier alpha value is -0.130. The van der Waals surface area contributed by atoms with Gasteiger partial charge in [0, 0.05) is 25.7 Å². The molecular weight excluding hydrogens is 260 g/mol. The highest BCUT2D eigenvalue weighted by molar-refractivity contribution is 7.86. The molecule has 2 rings (SSSR count). The van der Waals surface area contributed by atoms with Crippen LogP contribution in [0.1, 0.15) is 64.7 Å². The highest BCUT2D eigenvalue weighted by Gasteiger charge is 2.37. The van der Waals surface area contributed by atoms with Crippen LogP contribution >= 0.6 is 0 Å². The summed E-state index contributed by atoms with van der Waals surface area (Å²) in [5, 5.41) is 0. The van der Waals surface area contributed by atoms with Crippen LogP contribution in [-0.4, -0.2) is 42.7 Å². The number of piperidine rings is 1. The molecule has 1 heterocycles. The van der Waals surface area contributed by atoms with Gasteiger partial charge in [-0.2, -0.15) is 17.0 Å². The monoisotopic (exact) mass is 288 g/mol. The smallest absolute Gasteiger partial charge is 0.195 e. The summed E-state index contributed by atoms with van der Waals surface area (Å²) in [4.78, 5) is 0. The van der Waals surface area contributed by atoms with Crippen molar-refractivity contribution < 1.29 is 8.42 Å². The van der Waals surface area contributed by atoms with Gasteiger partial charge >= 0.3 is 0 Å². The predicted molar refractivity (Wildman–Crippen MR) is 78.2 cm³/mol. The quantitative estimate of drug-likeness (QED) is 0.798. The third kappa shape index (κ3) is 3.31. The Balaban J connectivity index is 2.10. The zero-order valence-electron chi connectivity index (χ0n) is 12.3.